The highest BCUT2D eigenvalue weighted by molar-refractivity contribution is 5.97. The molecular weight excluding hydrogens is 208 g/mol. The summed E-state index contributed by atoms with van der Waals surface area (Å²) in [6, 6.07) is 0. The maximum Gasteiger partial charge on any atom is 0.341 e. The third-order valence-corrected chi connectivity index (χ3v) is 2.52. The Bertz CT molecular complexity index is 394. The zero-order valence-corrected chi connectivity index (χ0v) is 9.93. The number of esters is 1. The van der Waals surface area contributed by atoms with Gasteiger partial charge in [0.2, 0.25) is 5.91 Å². The number of rotatable bonds is 3. The van der Waals surface area contributed by atoms with E-state index in [4.69, 9.17) is 4.74 Å². The molecule has 0 aromatic heterocycles. The first-order chi connectivity index (χ1) is 7.25. The van der Waals surface area contributed by atoms with Crippen LogP contribution in [-0.4, -0.2) is 17.5 Å². The van der Waals surface area contributed by atoms with Crippen LogP contribution in [0, 0.1) is 0 Å². The zero-order valence-electron chi connectivity index (χ0n) is 9.93. The molecule has 0 aromatic rings. The minimum atomic E-state index is -0.618. The Kier molecular flexibility index (Phi) is 3.07. The third kappa shape index (κ3) is 2.24. The van der Waals surface area contributed by atoms with Crippen LogP contribution >= 0.6 is 0 Å². The van der Waals surface area contributed by atoms with Crippen molar-refractivity contribution in [3.63, 3.8) is 0 Å². The Morgan fingerprint density at radius 2 is 1.94 bits per heavy atom. The summed E-state index contributed by atoms with van der Waals surface area (Å²) < 4.78 is 5.17. The van der Waals surface area contributed by atoms with Crippen molar-refractivity contribution in [1.82, 2.24) is 10.9 Å². The van der Waals surface area contributed by atoms with E-state index in [-0.39, 0.29) is 5.91 Å². The molecule has 5 nitrogen and oxygen atoms in total. The third-order valence-electron chi connectivity index (χ3n) is 2.52. The molecule has 1 amide bonds. The molecular formula is C11H16N2O3. The summed E-state index contributed by atoms with van der Waals surface area (Å²) in [4.78, 5) is 22.3. The van der Waals surface area contributed by atoms with Crippen LogP contribution < -0.4 is 10.9 Å². The number of hydrogen-bond donors (Lipinski definition) is 2. The predicted octanol–water partition coefficient (Wildman–Crippen LogP) is 0.793. The van der Waals surface area contributed by atoms with E-state index < -0.39 is 11.6 Å². The first-order valence-corrected chi connectivity index (χ1v) is 4.92. The Labute approximate surface area is 94.5 Å². The smallest absolute Gasteiger partial charge is 0.341 e. The molecule has 0 spiro atoms. The Morgan fingerprint density at radius 3 is 2.31 bits per heavy atom. The van der Waals surface area contributed by atoms with Crippen molar-refractivity contribution in [2.75, 3.05) is 0 Å². The number of cyclic esters (lactones) is 1. The van der Waals surface area contributed by atoms with Gasteiger partial charge >= 0.3 is 5.97 Å². The molecule has 0 unspecified atom stereocenters. The lowest BCUT2D eigenvalue weighted by molar-refractivity contribution is -0.144. The molecule has 0 atom stereocenters. The van der Waals surface area contributed by atoms with Crippen LogP contribution in [-0.2, 0) is 14.3 Å². The SMILES string of the molecule is C=C(NNC(C)=O)C1=C(C)C(C)(C)OC1=O. The summed E-state index contributed by atoms with van der Waals surface area (Å²) in [5.41, 5.74) is 5.83. The van der Waals surface area contributed by atoms with E-state index in [1.165, 1.54) is 6.92 Å². The van der Waals surface area contributed by atoms with Crippen LogP contribution in [0.4, 0.5) is 0 Å². The monoisotopic (exact) mass is 224 g/mol. The first kappa shape index (κ1) is 12.3. The highest BCUT2D eigenvalue weighted by atomic mass is 16.6. The minimum absolute atomic E-state index is 0.259. The lowest BCUT2D eigenvalue weighted by Gasteiger charge is -2.18. The molecule has 88 valence electrons. The maximum atomic E-state index is 11.6. The summed E-state index contributed by atoms with van der Waals surface area (Å²) in [7, 11) is 0. The number of hydrogen-bond acceptors (Lipinski definition) is 4. The minimum Gasteiger partial charge on any atom is -0.451 e. The molecule has 2 N–H and O–H groups in total. The quantitative estimate of drug-likeness (QED) is 0.549. The summed E-state index contributed by atoms with van der Waals surface area (Å²) >= 11 is 0. The molecule has 0 bridgehead atoms. The van der Waals surface area contributed by atoms with Gasteiger partial charge in [-0.05, 0) is 26.3 Å². The van der Waals surface area contributed by atoms with Crippen LogP contribution in [0.1, 0.15) is 27.7 Å². The molecule has 0 saturated carbocycles. The van der Waals surface area contributed by atoms with Gasteiger partial charge < -0.3 is 4.74 Å². The molecule has 0 saturated heterocycles. The highest BCUT2D eigenvalue weighted by Gasteiger charge is 2.38. The van der Waals surface area contributed by atoms with Crippen molar-refractivity contribution in [2.24, 2.45) is 0 Å². The van der Waals surface area contributed by atoms with Gasteiger partial charge in [-0.25, -0.2) is 4.79 Å². The van der Waals surface area contributed by atoms with Crippen molar-refractivity contribution in [1.29, 1.82) is 0 Å². The summed E-state index contributed by atoms with van der Waals surface area (Å²) in [5, 5.41) is 0. The lowest BCUT2D eigenvalue weighted by atomic mass is 9.96. The number of nitrogens with one attached hydrogen (secondary N) is 2. The second-order valence-corrected chi connectivity index (χ2v) is 4.18. The molecule has 1 aliphatic heterocycles. The van der Waals surface area contributed by atoms with Gasteiger partial charge in [-0.3, -0.25) is 15.6 Å². The van der Waals surface area contributed by atoms with Crippen molar-refractivity contribution >= 4 is 11.9 Å². The number of hydrazine groups is 1. The van der Waals surface area contributed by atoms with Gasteiger partial charge in [0, 0.05) is 6.92 Å². The van der Waals surface area contributed by atoms with Crippen molar-refractivity contribution in [2.45, 2.75) is 33.3 Å². The summed E-state index contributed by atoms with van der Waals surface area (Å²) in [5.74, 6) is -0.685. The summed E-state index contributed by atoms with van der Waals surface area (Å²) in [6.45, 7) is 10.5. The van der Waals surface area contributed by atoms with Gasteiger partial charge in [0.05, 0.1) is 11.3 Å². The largest absolute Gasteiger partial charge is 0.451 e. The summed E-state index contributed by atoms with van der Waals surface area (Å²) in [6.07, 6.45) is 0. The van der Waals surface area contributed by atoms with Crippen LogP contribution in [0.3, 0.4) is 0 Å². The highest BCUT2D eigenvalue weighted by Crippen LogP contribution is 2.33. The van der Waals surface area contributed by atoms with Gasteiger partial charge in [0.25, 0.3) is 0 Å². The maximum absolute atomic E-state index is 11.6. The Hall–Kier alpha value is -1.78. The molecule has 1 aliphatic rings. The fourth-order valence-corrected chi connectivity index (χ4v) is 1.39. The average molecular weight is 224 g/mol. The van der Waals surface area contributed by atoms with Crippen molar-refractivity contribution in [3.8, 4) is 0 Å². The molecule has 0 aliphatic carbocycles. The van der Waals surface area contributed by atoms with Gasteiger partial charge in [0.15, 0.2) is 0 Å². The van der Waals surface area contributed by atoms with Crippen LogP contribution in [0.25, 0.3) is 0 Å². The molecule has 5 heteroatoms. The van der Waals surface area contributed by atoms with Gasteiger partial charge in [-0.15, -0.1) is 0 Å². The van der Waals surface area contributed by atoms with Crippen LogP contribution in [0.2, 0.25) is 0 Å². The van der Waals surface area contributed by atoms with E-state index in [1.807, 2.05) is 0 Å². The molecule has 1 heterocycles. The predicted molar refractivity (Wildman–Crippen MR) is 59.0 cm³/mol. The van der Waals surface area contributed by atoms with Gasteiger partial charge in [-0.1, -0.05) is 6.58 Å². The molecule has 0 radical (unpaired) electrons. The molecule has 1 rings (SSSR count). The number of carbonyl (C=O) groups excluding carboxylic acids is 2. The standard InChI is InChI=1S/C11H16N2O3/c1-6-9(7(2)12-13-8(3)14)10(15)16-11(6,4)5/h12H,2H2,1,3-5H3,(H,13,14). The second kappa shape index (κ2) is 4.00. The Morgan fingerprint density at radius 1 is 1.38 bits per heavy atom. The molecule has 16 heavy (non-hydrogen) atoms. The van der Waals surface area contributed by atoms with Crippen LogP contribution in [0.5, 0.6) is 0 Å². The number of amides is 1. The fraction of sp³-hybridized carbons (Fsp3) is 0.455. The van der Waals surface area contributed by atoms with E-state index >= 15 is 0 Å². The number of ether oxygens (including phenoxy) is 1. The van der Waals surface area contributed by atoms with Crippen molar-refractivity contribution < 1.29 is 14.3 Å². The average Bonchev–Trinajstić information content (AvgIpc) is 2.32. The first-order valence-electron chi connectivity index (χ1n) is 4.92. The zero-order chi connectivity index (χ0) is 12.5. The fourth-order valence-electron chi connectivity index (χ4n) is 1.39. The second-order valence-electron chi connectivity index (χ2n) is 4.18. The van der Waals surface area contributed by atoms with Gasteiger partial charge in [0.1, 0.15) is 5.60 Å². The van der Waals surface area contributed by atoms with E-state index in [0.717, 1.165) is 5.57 Å². The Balaban J connectivity index is 2.87. The van der Waals surface area contributed by atoms with E-state index in [2.05, 4.69) is 17.4 Å². The van der Waals surface area contributed by atoms with E-state index in [0.29, 0.717) is 11.3 Å². The number of carbonyl (C=O) groups is 2. The van der Waals surface area contributed by atoms with E-state index in [9.17, 15) is 9.59 Å². The van der Waals surface area contributed by atoms with Crippen LogP contribution in [0.15, 0.2) is 23.4 Å². The van der Waals surface area contributed by atoms with Crippen molar-refractivity contribution in [3.05, 3.63) is 23.4 Å². The molecule has 0 aromatic carbocycles. The lowest BCUT2D eigenvalue weighted by Crippen LogP contribution is -2.35. The normalized spacial score (nSPS) is 18.1. The van der Waals surface area contributed by atoms with E-state index in [1.54, 1.807) is 20.8 Å². The topological polar surface area (TPSA) is 67.4 Å². The van der Waals surface area contributed by atoms with Gasteiger partial charge in [-0.2, -0.15) is 0 Å². The molecule has 0 fully saturated rings.